The van der Waals surface area contributed by atoms with Gasteiger partial charge in [0.1, 0.15) is 6.10 Å². The summed E-state index contributed by atoms with van der Waals surface area (Å²) < 4.78 is 6.07. The number of hydrogen-bond donors (Lipinski definition) is 1. The van der Waals surface area contributed by atoms with Crippen molar-refractivity contribution in [2.45, 2.75) is 92.6 Å². The van der Waals surface area contributed by atoms with Crippen LogP contribution in [0.25, 0.3) is 0 Å². The number of aromatic nitrogens is 2. The number of aromatic amines is 1. The molecule has 1 aromatic rings. The summed E-state index contributed by atoms with van der Waals surface area (Å²) in [5.74, 6) is 2.37. The summed E-state index contributed by atoms with van der Waals surface area (Å²) in [7, 11) is 0. The first kappa shape index (κ1) is 21.4. The number of rotatable bonds is 6. The fraction of sp³-hybridized carbons (Fsp3) is 0.833. The minimum Gasteiger partial charge on any atom is -0.456 e. The lowest BCUT2D eigenvalue weighted by atomic mass is 9.45. The molecule has 1 heterocycles. The number of fused-ring (bicyclic) bond motifs is 1. The second-order valence-electron chi connectivity index (χ2n) is 10.6. The summed E-state index contributed by atoms with van der Waals surface area (Å²) in [5, 5.41) is 0. The molecule has 6 atom stereocenters. The summed E-state index contributed by atoms with van der Waals surface area (Å²) >= 11 is 0. The van der Waals surface area contributed by atoms with Gasteiger partial charge in [0.05, 0.1) is 0 Å². The first-order valence-corrected chi connectivity index (χ1v) is 11.4. The van der Waals surface area contributed by atoms with Crippen molar-refractivity contribution >= 4 is 5.97 Å². The average Bonchev–Trinajstić information content (AvgIpc) is 3.17. The van der Waals surface area contributed by atoms with Gasteiger partial charge in [-0.2, -0.15) is 0 Å². The van der Waals surface area contributed by atoms with E-state index in [2.05, 4.69) is 51.5 Å². The Labute approximate surface area is 171 Å². The number of esters is 1. The van der Waals surface area contributed by atoms with E-state index in [1.54, 1.807) is 12.4 Å². The fourth-order valence-electron chi connectivity index (χ4n) is 6.49. The molecule has 0 spiro atoms. The van der Waals surface area contributed by atoms with Crippen LogP contribution in [0.2, 0.25) is 0 Å². The van der Waals surface area contributed by atoms with Crippen LogP contribution >= 0.6 is 0 Å². The van der Waals surface area contributed by atoms with Gasteiger partial charge >= 0.3 is 5.97 Å². The smallest absolute Gasteiger partial charge is 0.374 e. The van der Waals surface area contributed by atoms with Crippen LogP contribution in [0.5, 0.6) is 0 Å². The van der Waals surface area contributed by atoms with Gasteiger partial charge in [0.2, 0.25) is 5.82 Å². The Morgan fingerprint density at radius 3 is 2.75 bits per heavy atom. The van der Waals surface area contributed by atoms with E-state index in [4.69, 9.17) is 4.74 Å². The Morgan fingerprint density at radius 1 is 1.36 bits per heavy atom. The highest BCUT2D eigenvalue weighted by Gasteiger charge is 2.56. The first-order valence-electron chi connectivity index (χ1n) is 11.4. The van der Waals surface area contributed by atoms with E-state index in [0.29, 0.717) is 34.4 Å². The molecule has 28 heavy (non-hydrogen) atoms. The third kappa shape index (κ3) is 4.02. The lowest BCUT2D eigenvalue weighted by molar-refractivity contribution is -0.144. The van der Waals surface area contributed by atoms with Crippen molar-refractivity contribution in [1.82, 2.24) is 9.97 Å². The maximum absolute atomic E-state index is 12.6. The molecule has 3 rings (SSSR count). The Kier molecular flexibility index (Phi) is 6.26. The van der Waals surface area contributed by atoms with Crippen molar-refractivity contribution in [2.75, 3.05) is 0 Å². The van der Waals surface area contributed by atoms with E-state index in [1.165, 1.54) is 38.5 Å². The molecule has 2 aliphatic rings. The standard InChI is InChI=1S/C24H40N2O2/c1-7-16(2)9-10-18-17(3)19(28-22(27)21-25-13-14-26-21)15-20-23(4,5)11-8-12-24(18,20)6/h13-14,16-20H,7-12,15H2,1-6H3,(H,25,26)/t16-,17-,18+,19-,20+,24-/m1/s1. The van der Waals surface area contributed by atoms with Crippen LogP contribution in [0.15, 0.2) is 12.4 Å². The van der Waals surface area contributed by atoms with Crippen molar-refractivity contribution in [2.24, 2.45) is 34.5 Å². The molecule has 1 aromatic heterocycles. The van der Waals surface area contributed by atoms with Crippen LogP contribution in [0, 0.1) is 34.5 Å². The molecule has 0 amide bonds. The number of ether oxygens (including phenoxy) is 1. The van der Waals surface area contributed by atoms with Gasteiger partial charge in [0.15, 0.2) is 0 Å². The number of carbonyl (C=O) groups excluding carboxylic acids is 1. The van der Waals surface area contributed by atoms with Crippen LogP contribution in [0.4, 0.5) is 0 Å². The van der Waals surface area contributed by atoms with Crippen LogP contribution < -0.4 is 0 Å². The molecule has 1 N–H and O–H groups in total. The highest BCUT2D eigenvalue weighted by atomic mass is 16.5. The topological polar surface area (TPSA) is 55.0 Å². The maximum atomic E-state index is 12.6. The van der Waals surface area contributed by atoms with Crippen LogP contribution in [0.1, 0.15) is 97.1 Å². The molecule has 158 valence electrons. The van der Waals surface area contributed by atoms with E-state index in [-0.39, 0.29) is 12.1 Å². The van der Waals surface area contributed by atoms with E-state index >= 15 is 0 Å². The predicted octanol–water partition coefficient (Wildman–Crippen LogP) is 6.25. The molecule has 2 saturated carbocycles. The largest absolute Gasteiger partial charge is 0.456 e. The first-order chi connectivity index (χ1) is 13.2. The van der Waals surface area contributed by atoms with Crippen molar-refractivity contribution in [3.63, 3.8) is 0 Å². The Bertz CT molecular complexity index is 654. The minimum atomic E-state index is -0.306. The third-order valence-electron chi connectivity index (χ3n) is 8.43. The quantitative estimate of drug-likeness (QED) is 0.586. The summed E-state index contributed by atoms with van der Waals surface area (Å²) in [6.07, 6.45) is 11.9. The average molecular weight is 389 g/mol. The van der Waals surface area contributed by atoms with Gasteiger partial charge in [-0.15, -0.1) is 0 Å². The summed E-state index contributed by atoms with van der Waals surface area (Å²) in [6, 6.07) is 0. The number of nitrogens with one attached hydrogen (secondary N) is 1. The molecule has 2 aliphatic carbocycles. The highest BCUT2D eigenvalue weighted by molar-refractivity contribution is 5.85. The second kappa shape index (κ2) is 8.20. The monoisotopic (exact) mass is 388 g/mol. The minimum absolute atomic E-state index is 0.0185. The molecule has 0 aromatic carbocycles. The van der Waals surface area contributed by atoms with E-state index < -0.39 is 0 Å². The van der Waals surface area contributed by atoms with Crippen LogP contribution in [-0.2, 0) is 4.74 Å². The molecule has 0 saturated heterocycles. The molecular weight excluding hydrogens is 348 g/mol. The zero-order valence-electron chi connectivity index (χ0n) is 18.8. The van der Waals surface area contributed by atoms with E-state index in [0.717, 1.165) is 12.3 Å². The number of H-pyrrole nitrogens is 1. The summed E-state index contributed by atoms with van der Waals surface area (Å²) in [4.78, 5) is 19.6. The Balaban J connectivity index is 1.85. The summed E-state index contributed by atoms with van der Waals surface area (Å²) in [6.45, 7) is 14.4. The number of carbonyl (C=O) groups is 1. The van der Waals surface area contributed by atoms with Gasteiger partial charge in [0.25, 0.3) is 0 Å². The molecule has 4 heteroatoms. The van der Waals surface area contributed by atoms with Crippen molar-refractivity contribution in [1.29, 1.82) is 0 Å². The van der Waals surface area contributed by atoms with E-state index in [9.17, 15) is 4.79 Å². The Morgan fingerprint density at radius 2 is 2.11 bits per heavy atom. The van der Waals surface area contributed by atoms with Crippen molar-refractivity contribution in [3.05, 3.63) is 18.2 Å². The van der Waals surface area contributed by atoms with Gasteiger partial charge in [-0.1, -0.05) is 60.8 Å². The molecule has 4 nitrogen and oxygen atoms in total. The van der Waals surface area contributed by atoms with Gasteiger partial charge < -0.3 is 9.72 Å². The molecular formula is C24H40N2O2. The second-order valence-corrected chi connectivity index (χ2v) is 10.6. The number of imidazole rings is 1. The maximum Gasteiger partial charge on any atom is 0.374 e. The third-order valence-corrected chi connectivity index (χ3v) is 8.43. The normalized spacial score (nSPS) is 35.8. The summed E-state index contributed by atoms with van der Waals surface area (Å²) in [5.41, 5.74) is 0.652. The van der Waals surface area contributed by atoms with Gasteiger partial charge in [-0.3, -0.25) is 0 Å². The van der Waals surface area contributed by atoms with E-state index in [1.807, 2.05) is 0 Å². The SMILES string of the molecule is CC[C@@H](C)CC[C@H]1[C@@H](C)[C@H](OC(=O)c2ncc[nH]2)C[C@H]2C(C)(C)CCC[C@]12C. The van der Waals surface area contributed by atoms with Gasteiger partial charge in [-0.25, -0.2) is 9.78 Å². The van der Waals surface area contributed by atoms with Crippen LogP contribution in [-0.4, -0.2) is 22.0 Å². The number of hydrogen-bond acceptors (Lipinski definition) is 3. The molecule has 0 bridgehead atoms. The zero-order chi connectivity index (χ0) is 20.5. The molecule has 0 unspecified atom stereocenters. The zero-order valence-corrected chi connectivity index (χ0v) is 18.8. The predicted molar refractivity (Wildman–Crippen MR) is 113 cm³/mol. The van der Waals surface area contributed by atoms with Crippen LogP contribution in [0.3, 0.4) is 0 Å². The lowest BCUT2D eigenvalue weighted by Crippen LogP contribution is -2.56. The van der Waals surface area contributed by atoms with Crippen molar-refractivity contribution in [3.8, 4) is 0 Å². The van der Waals surface area contributed by atoms with Gasteiger partial charge in [-0.05, 0) is 60.2 Å². The molecule has 0 radical (unpaired) electrons. The fourth-order valence-corrected chi connectivity index (χ4v) is 6.49. The highest BCUT2D eigenvalue weighted by Crippen LogP contribution is 2.62. The lowest BCUT2D eigenvalue weighted by Gasteiger charge is -2.60. The Hall–Kier alpha value is -1.32. The van der Waals surface area contributed by atoms with Gasteiger partial charge in [0, 0.05) is 12.4 Å². The molecule has 2 fully saturated rings. The molecule has 0 aliphatic heterocycles. The number of nitrogens with zero attached hydrogens (tertiary/aromatic N) is 1. The van der Waals surface area contributed by atoms with Crippen molar-refractivity contribution < 1.29 is 9.53 Å².